The van der Waals surface area contributed by atoms with E-state index in [0.717, 1.165) is 55.8 Å². The predicted octanol–water partition coefficient (Wildman–Crippen LogP) is 3.20. The van der Waals surface area contributed by atoms with E-state index in [1.807, 2.05) is 24.3 Å². The van der Waals surface area contributed by atoms with Gasteiger partial charge in [-0.05, 0) is 62.6 Å². The molecule has 0 spiro atoms. The second-order valence-corrected chi connectivity index (χ2v) is 7.28. The molecule has 2 atom stereocenters. The molecule has 0 aromatic heterocycles. The molecule has 2 fully saturated rings. The smallest absolute Gasteiger partial charge is 0.223 e. The Morgan fingerprint density at radius 2 is 2.04 bits per heavy atom. The summed E-state index contributed by atoms with van der Waals surface area (Å²) in [6.07, 6.45) is 5.26. The van der Waals surface area contributed by atoms with Gasteiger partial charge in [0.1, 0.15) is 0 Å². The molecule has 0 saturated heterocycles. The fourth-order valence-corrected chi connectivity index (χ4v) is 3.61. The van der Waals surface area contributed by atoms with E-state index in [9.17, 15) is 9.90 Å². The number of hydrogen-bond acceptors (Lipinski definition) is 3. The van der Waals surface area contributed by atoms with Crippen LogP contribution in [0.4, 0.5) is 5.69 Å². The summed E-state index contributed by atoms with van der Waals surface area (Å²) in [6.45, 7) is 0.865. The zero-order chi connectivity index (χ0) is 16.2. The lowest BCUT2D eigenvalue weighted by Crippen LogP contribution is -2.39. The summed E-state index contributed by atoms with van der Waals surface area (Å²) >= 11 is 5.96. The first-order valence-corrected chi connectivity index (χ1v) is 8.97. The molecule has 2 saturated carbocycles. The first kappa shape index (κ1) is 16.6. The lowest BCUT2D eigenvalue weighted by molar-refractivity contribution is -0.123. The highest BCUT2D eigenvalue weighted by molar-refractivity contribution is 6.30. The molecule has 23 heavy (non-hydrogen) atoms. The van der Waals surface area contributed by atoms with Crippen molar-refractivity contribution in [2.24, 2.45) is 11.8 Å². The van der Waals surface area contributed by atoms with E-state index < -0.39 is 0 Å². The number of hydrogen-bond donors (Lipinski definition) is 3. The lowest BCUT2D eigenvalue weighted by atomic mass is 9.93. The van der Waals surface area contributed by atoms with E-state index in [1.165, 1.54) is 0 Å². The quantitative estimate of drug-likeness (QED) is 0.747. The highest BCUT2D eigenvalue weighted by atomic mass is 35.5. The van der Waals surface area contributed by atoms with Gasteiger partial charge in [0, 0.05) is 29.2 Å². The van der Waals surface area contributed by atoms with Gasteiger partial charge in [0.05, 0.1) is 6.10 Å². The van der Waals surface area contributed by atoms with Gasteiger partial charge < -0.3 is 15.7 Å². The van der Waals surface area contributed by atoms with Crippen LogP contribution in [0.3, 0.4) is 0 Å². The molecule has 1 amide bonds. The van der Waals surface area contributed by atoms with Gasteiger partial charge in [-0.3, -0.25) is 4.79 Å². The van der Waals surface area contributed by atoms with Gasteiger partial charge in [0.2, 0.25) is 5.91 Å². The Kier molecular flexibility index (Phi) is 5.44. The summed E-state index contributed by atoms with van der Waals surface area (Å²) in [5, 5.41) is 16.8. The fourth-order valence-electron chi connectivity index (χ4n) is 3.42. The normalized spacial score (nSPS) is 29.8. The molecular weight excluding hydrogens is 312 g/mol. The molecule has 3 rings (SSSR count). The summed E-state index contributed by atoms with van der Waals surface area (Å²) in [4.78, 5) is 12.2. The summed E-state index contributed by atoms with van der Waals surface area (Å²) in [7, 11) is 0. The largest absolute Gasteiger partial charge is 0.393 e. The number of carbonyl (C=O) groups excluding carboxylic acids is 1. The number of rotatable bonds is 6. The third-order valence-electron chi connectivity index (χ3n) is 4.97. The monoisotopic (exact) mass is 336 g/mol. The molecule has 2 aliphatic rings. The highest BCUT2D eigenvalue weighted by Gasteiger charge is 2.42. The van der Waals surface area contributed by atoms with Crippen molar-refractivity contribution in [3.05, 3.63) is 29.3 Å². The van der Waals surface area contributed by atoms with Crippen LogP contribution in [0.15, 0.2) is 24.3 Å². The van der Waals surface area contributed by atoms with Crippen LogP contribution in [0.1, 0.15) is 38.5 Å². The van der Waals surface area contributed by atoms with Crippen LogP contribution in [-0.4, -0.2) is 29.7 Å². The van der Waals surface area contributed by atoms with E-state index in [-0.39, 0.29) is 24.0 Å². The van der Waals surface area contributed by atoms with Crippen molar-refractivity contribution in [2.75, 3.05) is 11.9 Å². The topological polar surface area (TPSA) is 61.4 Å². The molecule has 2 unspecified atom stereocenters. The molecule has 2 aliphatic carbocycles. The third-order valence-corrected chi connectivity index (χ3v) is 5.21. The van der Waals surface area contributed by atoms with Gasteiger partial charge in [-0.25, -0.2) is 0 Å². The van der Waals surface area contributed by atoms with E-state index >= 15 is 0 Å². The predicted molar refractivity (Wildman–Crippen MR) is 92.6 cm³/mol. The molecular formula is C18H25ClN2O2. The minimum absolute atomic E-state index is 0.172. The van der Waals surface area contributed by atoms with Gasteiger partial charge in [0.15, 0.2) is 0 Å². The molecule has 1 aromatic rings. The number of nitrogens with one attached hydrogen (secondary N) is 2. The standard InChI is InChI=1S/C18H25ClN2O2/c19-13-2-1-3-15(11-13)20-9-8-12-10-17(12)18(23)21-14-4-6-16(22)7-5-14/h1-3,11-12,14,16-17,20,22H,4-10H2,(H,21,23). The molecule has 0 bridgehead atoms. The summed E-state index contributed by atoms with van der Waals surface area (Å²) < 4.78 is 0. The van der Waals surface area contributed by atoms with E-state index in [0.29, 0.717) is 5.92 Å². The number of anilines is 1. The van der Waals surface area contributed by atoms with Gasteiger partial charge >= 0.3 is 0 Å². The van der Waals surface area contributed by atoms with Crippen molar-refractivity contribution in [1.29, 1.82) is 0 Å². The highest BCUT2D eigenvalue weighted by Crippen LogP contribution is 2.41. The van der Waals surface area contributed by atoms with Crippen molar-refractivity contribution in [1.82, 2.24) is 5.32 Å². The zero-order valence-corrected chi connectivity index (χ0v) is 14.1. The molecule has 4 nitrogen and oxygen atoms in total. The van der Waals surface area contributed by atoms with Crippen molar-refractivity contribution in [3.8, 4) is 0 Å². The van der Waals surface area contributed by atoms with Crippen LogP contribution in [0.5, 0.6) is 0 Å². The van der Waals surface area contributed by atoms with Crippen molar-refractivity contribution in [2.45, 2.75) is 50.7 Å². The summed E-state index contributed by atoms with van der Waals surface area (Å²) in [6, 6.07) is 7.96. The molecule has 0 aliphatic heterocycles. The van der Waals surface area contributed by atoms with Gasteiger partial charge in [-0.15, -0.1) is 0 Å². The average molecular weight is 337 g/mol. The number of aliphatic hydroxyl groups is 1. The van der Waals surface area contributed by atoms with Crippen LogP contribution in [0.2, 0.25) is 5.02 Å². The number of benzene rings is 1. The Balaban J connectivity index is 1.34. The zero-order valence-electron chi connectivity index (χ0n) is 13.3. The van der Waals surface area contributed by atoms with Crippen molar-refractivity contribution in [3.63, 3.8) is 0 Å². The van der Waals surface area contributed by atoms with Gasteiger partial charge in [-0.1, -0.05) is 17.7 Å². The van der Waals surface area contributed by atoms with Crippen molar-refractivity contribution < 1.29 is 9.90 Å². The van der Waals surface area contributed by atoms with Gasteiger partial charge in [0.25, 0.3) is 0 Å². The Labute approximate surface area is 142 Å². The minimum Gasteiger partial charge on any atom is -0.393 e. The second-order valence-electron chi connectivity index (χ2n) is 6.84. The maximum absolute atomic E-state index is 12.2. The Morgan fingerprint density at radius 1 is 1.26 bits per heavy atom. The first-order chi connectivity index (χ1) is 11.1. The summed E-state index contributed by atoms with van der Waals surface area (Å²) in [5.74, 6) is 0.887. The molecule has 0 heterocycles. The van der Waals surface area contributed by atoms with Gasteiger partial charge in [-0.2, -0.15) is 0 Å². The SMILES string of the molecule is O=C(NC1CCC(O)CC1)C1CC1CCNc1cccc(Cl)c1. The fraction of sp³-hybridized carbons (Fsp3) is 0.611. The summed E-state index contributed by atoms with van der Waals surface area (Å²) in [5.41, 5.74) is 1.03. The molecule has 126 valence electrons. The molecule has 1 aromatic carbocycles. The maximum Gasteiger partial charge on any atom is 0.223 e. The van der Waals surface area contributed by atoms with E-state index in [1.54, 1.807) is 0 Å². The number of amides is 1. The number of aliphatic hydroxyl groups excluding tert-OH is 1. The molecule has 3 N–H and O–H groups in total. The maximum atomic E-state index is 12.2. The number of halogens is 1. The Bertz CT molecular complexity index is 544. The Hall–Kier alpha value is -1.26. The number of carbonyl (C=O) groups is 1. The second kappa shape index (κ2) is 7.54. The lowest BCUT2D eigenvalue weighted by Gasteiger charge is -2.26. The van der Waals surface area contributed by atoms with Crippen LogP contribution in [-0.2, 0) is 4.79 Å². The van der Waals surface area contributed by atoms with E-state index in [4.69, 9.17) is 11.6 Å². The van der Waals surface area contributed by atoms with E-state index in [2.05, 4.69) is 10.6 Å². The average Bonchev–Trinajstić information content (AvgIpc) is 3.29. The molecule has 0 radical (unpaired) electrons. The van der Waals surface area contributed by atoms with Crippen LogP contribution < -0.4 is 10.6 Å². The minimum atomic E-state index is -0.172. The Morgan fingerprint density at radius 3 is 2.78 bits per heavy atom. The van der Waals surface area contributed by atoms with Crippen molar-refractivity contribution >= 4 is 23.2 Å². The molecule has 5 heteroatoms. The van der Waals surface area contributed by atoms with Crippen LogP contribution in [0, 0.1) is 11.8 Å². The van der Waals surface area contributed by atoms with Crippen LogP contribution in [0.25, 0.3) is 0 Å². The van der Waals surface area contributed by atoms with Crippen LogP contribution >= 0.6 is 11.6 Å². The first-order valence-electron chi connectivity index (χ1n) is 8.59. The third kappa shape index (κ3) is 4.85.